The molecule has 4 nitrogen and oxygen atoms in total. The second kappa shape index (κ2) is 5.92. The minimum Gasteiger partial charge on any atom is -0.507 e. The van der Waals surface area contributed by atoms with Crippen LogP contribution in [0.25, 0.3) is 17.2 Å². The van der Waals surface area contributed by atoms with Gasteiger partial charge in [0.05, 0.1) is 11.5 Å². The Morgan fingerprint density at radius 3 is 2.48 bits per heavy atom. The molecule has 0 amide bonds. The molecule has 1 atom stereocenters. The van der Waals surface area contributed by atoms with Crippen LogP contribution < -0.4 is 0 Å². The largest absolute Gasteiger partial charge is 0.507 e. The molecule has 2 aliphatic rings. The van der Waals surface area contributed by atoms with E-state index < -0.39 is 6.29 Å². The Kier molecular flexibility index (Phi) is 3.71. The zero-order chi connectivity index (χ0) is 17.6. The molecule has 0 saturated heterocycles. The number of aliphatic hydroxyl groups is 2. The Hall–Kier alpha value is -2.82. The zero-order valence-electron chi connectivity index (χ0n) is 13.4. The molecule has 0 bridgehead atoms. The lowest BCUT2D eigenvalue weighted by molar-refractivity contribution is -0.0490. The van der Waals surface area contributed by atoms with Gasteiger partial charge in [0, 0.05) is 0 Å². The van der Waals surface area contributed by atoms with Crippen LogP contribution in [-0.4, -0.2) is 26.7 Å². The minimum absolute atomic E-state index is 0.0559. The minimum atomic E-state index is -1.40. The summed E-state index contributed by atoms with van der Waals surface area (Å²) in [6.45, 7) is 0. The van der Waals surface area contributed by atoms with Gasteiger partial charge in [0.1, 0.15) is 11.5 Å². The van der Waals surface area contributed by atoms with Crippen molar-refractivity contribution in [2.75, 3.05) is 0 Å². The fourth-order valence-corrected chi connectivity index (χ4v) is 3.52. The van der Waals surface area contributed by atoms with Crippen LogP contribution in [0.1, 0.15) is 34.6 Å². The van der Waals surface area contributed by atoms with Crippen LogP contribution >= 0.6 is 0 Å². The number of allylic oxidation sites excluding steroid dienone is 4. The number of hydrogen-bond acceptors (Lipinski definition) is 4. The number of phenols is 2. The number of aromatic hydroxyl groups is 2. The first-order chi connectivity index (χ1) is 12.0. The van der Waals surface area contributed by atoms with Gasteiger partial charge in [-0.2, -0.15) is 0 Å². The van der Waals surface area contributed by atoms with E-state index in [-0.39, 0.29) is 17.4 Å². The third kappa shape index (κ3) is 2.65. The molecular formula is C21H18O4. The topological polar surface area (TPSA) is 80.9 Å². The van der Waals surface area contributed by atoms with Gasteiger partial charge in [0.15, 0.2) is 6.29 Å². The van der Waals surface area contributed by atoms with Gasteiger partial charge in [-0.05, 0) is 52.5 Å². The van der Waals surface area contributed by atoms with Crippen molar-refractivity contribution in [1.29, 1.82) is 0 Å². The van der Waals surface area contributed by atoms with Crippen molar-refractivity contribution < 1.29 is 20.4 Å². The van der Waals surface area contributed by atoms with Crippen molar-refractivity contribution in [1.82, 2.24) is 0 Å². The summed E-state index contributed by atoms with van der Waals surface area (Å²) in [7, 11) is 0. The maximum atomic E-state index is 10.0. The number of rotatable bonds is 3. The van der Waals surface area contributed by atoms with Gasteiger partial charge >= 0.3 is 0 Å². The van der Waals surface area contributed by atoms with Gasteiger partial charge in [0.25, 0.3) is 0 Å². The van der Waals surface area contributed by atoms with Crippen LogP contribution in [0, 0.1) is 0 Å². The quantitative estimate of drug-likeness (QED) is 0.649. The summed E-state index contributed by atoms with van der Waals surface area (Å²) in [5.74, 6) is -0.269. The van der Waals surface area contributed by atoms with E-state index in [1.54, 1.807) is 24.3 Å². The molecule has 0 spiro atoms. The Morgan fingerprint density at radius 1 is 1.00 bits per heavy atom. The molecule has 2 aromatic carbocycles. The third-order valence-corrected chi connectivity index (χ3v) is 4.80. The lowest BCUT2D eigenvalue weighted by atomic mass is 9.95. The molecule has 1 unspecified atom stereocenters. The lowest BCUT2D eigenvalue weighted by Gasteiger charge is -2.14. The second-order valence-electron chi connectivity index (χ2n) is 6.35. The van der Waals surface area contributed by atoms with Gasteiger partial charge < -0.3 is 20.4 Å². The number of fused-ring (bicyclic) bond motifs is 1. The predicted octanol–water partition coefficient (Wildman–Crippen LogP) is 3.39. The van der Waals surface area contributed by atoms with E-state index in [1.807, 2.05) is 36.4 Å². The molecule has 0 saturated carbocycles. The molecule has 0 heterocycles. The van der Waals surface area contributed by atoms with Crippen molar-refractivity contribution in [3.8, 4) is 11.5 Å². The van der Waals surface area contributed by atoms with E-state index in [2.05, 4.69) is 0 Å². The van der Waals surface area contributed by atoms with Crippen LogP contribution in [-0.2, 0) is 0 Å². The van der Waals surface area contributed by atoms with Crippen molar-refractivity contribution in [2.45, 2.75) is 18.6 Å². The number of benzene rings is 2. The monoisotopic (exact) mass is 334 g/mol. The first-order valence-electron chi connectivity index (χ1n) is 8.15. The smallest absolute Gasteiger partial charge is 0.161 e. The van der Waals surface area contributed by atoms with Crippen LogP contribution in [0.2, 0.25) is 0 Å². The molecular weight excluding hydrogens is 316 g/mol. The second-order valence-corrected chi connectivity index (χ2v) is 6.35. The van der Waals surface area contributed by atoms with E-state index >= 15 is 0 Å². The molecule has 0 aromatic heterocycles. The average Bonchev–Trinajstić information content (AvgIpc) is 3.21. The molecule has 0 radical (unpaired) electrons. The maximum Gasteiger partial charge on any atom is 0.161 e. The molecule has 4 rings (SSSR count). The summed E-state index contributed by atoms with van der Waals surface area (Å²) in [6, 6.07) is 10.6. The van der Waals surface area contributed by atoms with Crippen molar-refractivity contribution in [2.24, 2.45) is 0 Å². The summed E-state index contributed by atoms with van der Waals surface area (Å²) < 4.78 is 0. The molecule has 4 N–H and O–H groups in total. The highest BCUT2D eigenvalue weighted by atomic mass is 16.5. The average molecular weight is 334 g/mol. The Labute approximate surface area is 145 Å². The van der Waals surface area contributed by atoms with Crippen molar-refractivity contribution >= 4 is 17.2 Å². The fourth-order valence-electron chi connectivity index (χ4n) is 3.52. The molecule has 2 aliphatic carbocycles. The summed E-state index contributed by atoms with van der Waals surface area (Å²) in [5, 5.41) is 38.9. The summed E-state index contributed by atoms with van der Waals surface area (Å²) in [4.78, 5) is 0. The molecule has 0 fully saturated rings. The molecule has 126 valence electrons. The SMILES string of the molecule is Oc1cccc(O)c1C1=CCC(c2ccc3c(c2)C=CC3C(O)O)=C1. The summed E-state index contributed by atoms with van der Waals surface area (Å²) in [5.41, 5.74) is 5.26. The highest BCUT2D eigenvalue weighted by Gasteiger charge is 2.24. The number of phenolic OH excluding ortho intramolecular Hbond substituents is 2. The Balaban J connectivity index is 1.66. The van der Waals surface area contributed by atoms with Crippen LogP contribution in [0.4, 0.5) is 0 Å². The molecule has 0 aliphatic heterocycles. The van der Waals surface area contributed by atoms with E-state index in [1.165, 1.54) is 0 Å². The van der Waals surface area contributed by atoms with Gasteiger partial charge in [-0.3, -0.25) is 0 Å². The highest BCUT2D eigenvalue weighted by molar-refractivity contribution is 5.93. The van der Waals surface area contributed by atoms with Gasteiger partial charge in [-0.1, -0.05) is 42.5 Å². The number of hydrogen-bond donors (Lipinski definition) is 4. The van der Waals surface area contributed by atoms with Crippen molar-refractivity contribution in [3.63, 3.8) is 0 Å². The molecule has 4 heteroatoms. The molecule has 2 aromatic rings. The Bertz CT molecular complexity index is 915. The fraction of sp³-hybridized carbons (Fsp3) is 0.143. The highest BCUT2D eigenvalue weighted by Crippen LogP contribution is 2.41. The van der Waals surface area contributed by atoms with Gasteiger partial charge in [-0.25, -0.2) is 0 Å². The molecule has 25 heavy (non-hydrogen) atoms. The van der Waals surface area contributed by atoms with Gasteiger partial charge in [0.2, 0.25) is 0 Å². The van der Waals surface area contributed by atoms with Crippen LogP contribution in [0.3, 0.4) is 0 Å². The van der Waals surface area contributed by atoms with Crippen LogP contribution in [0.5, 0.6) is 11.5 Å². The van der Waals surface area contributed by atoms with Crippen LogP contribution in [0.15, 0.2) is 54.6 Å². The summed E-state index contributed by atoms with van der Waals surface area (Å²) in [6.07, 6.45) is 6.96. The number of aliphatic hydroxyl groups excluding tert-OH is 1. The van der Waals surface area contributed by atoms with Gasteiger partial charge in [-0.15, -0.1) is 0 Å². The van der Waals surface area contributed by atoms with Crippen molar-refractivity contribution in [3.05, 3.63) is 76.9 Å². The first-order valence-corrected chi connectivity index (χ1v) is 8.15. The Morgan fingerprint density at radius 2 is 1.76 bits per heavy atom. The first kappa shape index (κ1) is 15.7. The lowest BCUT2D eigenvalue weighted by Crippen LogP contribution is -2.14. The normalized spacial score (nSPS) is 18.4. The van der Waals surface area contributed by atoms with E-state index in [0.717, 1.165) is 27.8 Å². The summed E-state index contributed by atoms with van der Waals surface area (Å²) >= 11 is 0. The maximum absolute atomic E-state index is 10.0. The predicted molar refractivity (Wildman–Crippen MR) is 96.8 cm³/mol. The van der Waals surface area contributed by atoms with E-state index in [0.29, 0.717) is 12.0 Å². The standard InChI is InChI=1S/C21H18O4/c22-18-2-1-3-19(23)20(18)15-5-4-12(11-15)13-6-8-16-14(10-13)7-9-17(16)21(24)25/h1-3,5-11,17,21-25H,4H2. The van der Waals surface area contributed by atoms with E-state index in [4.69, 9.17) is 0 Å². The third-order valence-electron chi connectivity index (χ3n) is 4.80. The van der Waals surface area contributed by atoms with E-state index in [9.17, 15) is 20.4 Å². The zero-order valence-corrected chi connectivity index (χ0v) is 13.4.